The van der Waals surface area contributed by atoms with Gasteiger partial charge in [0.25, 0.3) is 5.69 Å². The van der Waals surface area contributed by atoms with Crippen LogP contribution in [-0.2, 0) is 4.79 Å². The maximum atomic E-state index is 11.9. The molecule has 0 bridgehead atoms. The molecule has 7 heteroatoms. The lowest BCUT2D eigenvalue weighted by atomic mass is 10.2. The highest BCUT2D eigenvalue weighted by Crippen LogP contribution is 2.19. The first-order chi connectivity index (χ1) is 11.5. The van der Waals surface area contributed by atoms with Gasteiger partial charge in [-0.15, -0.1) is 0 Å². The predicted octanol–water partition coefficient (Wildman–Crippen LogP) is 3.35. The summed E-state index contributed by atoms with van der Waals surface area (Å²) in [7, 11) is 0. The van der Waals surface area contributed by atoms with Crippen molar-refractivity contribution < 1.29 is 14.5 Å². The number of hydrogen-bond donors (Lipinski definition) is 1. The second-order valence-corrected chi connectivity index (χ2v) is 4.94. The average Bonchev–Trinajstić information content (AvgIpc) is 2.54. The summed E-state index contributed by atoms with van der Waals surface area (Å²) in [5.41, 5.74) is 1.19. The summed E-state index contributed by atoms with van der Waals surface area (Å²) in [6.45, 7) is 4.09. The van der Waals surface area contributed by atoms with Gasteiger partial charge in [0.1, 0.15) is 17.8 Å². The topological polar surface area (TPSA) is 94.4 Å². The molecule has 0 atom stereocenters. The van der Waals surface area contributed by atoms with Crippen LogP contribution in [0.2, 0.25) is 0 Å². The molecule has 124 valence electrons. The molecule has 1 heterocycles. The molecule has 0 aliphatic heterocycles. The van der Waals surface area contributed by atoms with Crippen LogP contribution in [0.15, 0.2) is 42.6 Å². The van der Waals surface area contributed by atoms with Gasteiger partial charge < -0.3 is 10.1 Å². The van der Waals surface area contributed by atoms with Gasteiger partial charge in [-0.2, -0.15) is 0 Å². The van der Waals surface area contributed by atoms with E-state index in [1.165, 1.54) is 12.1 Å². The van der Waals surface area contributed by atoms with Crippen molar-refractivity contribution in [2.24, 2.45) is 0 Å². The van der Waals surface area contributed by atoms with E-state index in [4.69, 9.17) is 4.74 Å². The van der Waals surface area contributed by atoms with Gasteiger partial charge in [0.2, 0.25) is 5.91 Å². The zero-order valence-corrected chi connectivity index (χ0v) is 13.4. The van der Waals surface area contributed by atoms with Crippen LogP contribution in [0.25, 0.3) is 6.08 Å². The third-order valence-corrected chi connectivity index (χ3v) is 3.15. The van der Waals surface area contributed by atoms with E-state index in [9.17, 15) is 14.9 Å². The van der Waals surface area contributed by atoms with Crippen LogP contribution in [0.5, 0.6) is 5.75 Å². The van der Waals surface area contributed by atoms with E-state index in [-0.39, 0.29) is 17.4 Å². The lowest BCUT2D eigenvalue weighted by Gasteiger charge is -2.03. The number of benzene rings is 1. The van der Waals surface area contributed by atoms with Gasteiger partial charge in [-0.05, 0) is 43.7 Å². The van der Waals surface area contributed by atoms with E-state index in [2.05, 4.69) is 10.3 Å². The number of carbonyl (C=O) groups is 1. The third-order valence-electron chi connectivity index (χ3n) is 3.15. The molecule has 1 N–H and O–H groups in total. The third kappa shape index (κ3) is 4.64. The summed E-state index contributed by atoms with van der Waals surface area (Å²) in [4.78, 5) is 26.0. The Morgan fingerprint density at radius 3 is 2.67 bits per heavy atom. The van der Waals surface area contributed by atoms with Crippen molar-refractivity contribution in [3.63, 3.8) is 0 Å². The van der Waals surface area contributed by atoms with Crippen LogP contribution >= 0.6 is 0 Å². The zero-order chi connectivity index (χ0) is 17.5. The fourth-order valence-electron chi connectivity index (χ4n) is 1.99. The second-order valence-electron chi connectivity index (χ2n) is 4.94. The van der Waals surface area contributed by atoms with Crippen molar-refractivity contribution in [3.8, 4) is 5.75 Å². The standard InChI is InChI=1S/C17H17N3O4/c1-3-24-14-7-4-13(5-8-14)6-9-17(21)19-16-10-12(2)15(11-18-16)20(22)23/h4-11H,3H2,1-2H3,(H,18,19,21)/b9-6+. The number of aromatic nitrogens is 1. The minimum Gasteiger partial charge on any atom is -0.494 e. The number of ether oxygens (including phenoxy) is 1. The van der Waals surface area contributed by atoms with Crippen LogP contribution in [-0.4, -0.2) is 22.4 Å². The Kier molecular flexibility index (Phi) is 5.62. The molecule has 1 amide bonds. The average molecular weight is 327 g/mol. The van der Waals surface area contributed by atoms with Crippen LogP contribution in [0.4, 0.5) is 11.5 Å². The van der Waals surface area contributed by atoms with Crippen molar-refractivity contribution in [1.29, 1.82) is 0 Å². The number of amides is 1. The van der Waals surface area contributed by atoms with Gasteiger partial charge in [-0.1, -0.05) is 12.1 Å². The number of nitrogens with zero attached hydrogens (tertiary/aromatic N) is 2. The van der Waals surface area contributed by atoms with E-state index in [1.807, 2.05) is 31.2 Å². The van der Waals surface area contributed by atoms with E-state index in [0.29, 0.717) is 12.2 Å². The summed E-state index contributed by atoms with van der Waals surface area (Å²) >= 11 is 0. The summed E-state index contributed by atoms with van der Waals surface area (Å²) in [5.74, 6) is 0.661. The minimum atomic E-state index is -0.514. The number of hydrogen-bond acceptors (Lipinski definition) is 5. The lowest BCUT2D eigenvalue weighted by Crippen LogP contribution is -2.09. The largest absolute Gasteiger partial charge is 0.494 e. The summed E-state index contributed by atoms with van der Waals surface area (Å²) < 4.78 is 5.34. The first-order valence-electron chi connectivity index (χ1n) is 7.32. The summed E-state index contributed by atoms with van der Waals surface area (Å²) in [6, 6.07) is 8.78. The Labute approximate surface area is 139 Å². The van der Waals surface area contributed by atoms with Crippen molar-refractivity contribution in [3.05, 3.63) is 63.8 Å². The van der Waals surface area contributed by atoms with Gasteiger partial charge in [-0.3, -0.25) is 14.9 Å². The molecule has 2 rings (SSSR count). The molecule has 7 nitrogen and oxygen atoms in total. The Balaban J connectivity index is 1.99. The number of rotatable bonds is 6. The van der Waals surface area contributed by atoms with Crippen LogP contribution < -0.4 is 10.1 Å². The second kappa shape index (κ2) is 7.87. The van der Waals surface area contributed by atoms with Crippen molar-refractivity contribution >= 4 is 23.5 Å². The first-order valence-corrected chi connectivity index (χ1v) is 7.32. The SMILES string of the molecule is CCOc1ccc(/C=C/C(=O)Nc2cc(C)c([N+](=O)[O-])cn2)cc1. The number of nitro groups is 1. The van der Waals surface area contributed by atoms with Gasteiger partial charge in [-0.25, -0.2) is 4.98 Å². The van der Waals surface area contributed by atoms with Gasteiger partial charge in [0, 0.05) is 11.6 Å². The lowest BCUT2D eigenvalue weighted by molar-refractivity contribution is -0.385. The summed E-state index contributed by atoms with van der Waals surface area (Å²) in [5, 5.41) is 13.3. The maximum absolute atomic E-state index is 11.9. The molecule has 0 unspecified atom stereocenters. The molecular weight excluding hydrogens is 310 g/mol. The first kappa shape index (κ1) is 17.1. The predicted molar refractivity (Wildman–Crippen MR) is 90.9 cm³/mol. The van der Waals surface area contributed by atoms with Crippen molar-refractivity contribution in [2.75, 3.05) is 11.9 Å². The maximum Gasteiger partial charge on any atom is 0.290 e. The molecule has 0 aliphatic carbocycles. The van der Waals surface area contributed by atoms with Gasteiger partial charge in [0.15, 0.2) is 0 Å². The number of nitrogens with one attached hydrogen (secondary N) is 1. The number of anilines is 1. The highest BCUT2D eigenvalue weighted by Gasteiger charge is 2.11. The Bertz CT molecular complexity index is 770. The molecule has 0 aliphatic rings. The fraction of sp³-hybridized carbons (Fsp3) is 0.176. The van der Waals surface area contributed by atoms with Gasteiger partial charge in [0.05, 0.1) is 11.5 Å². The monoisotopic (exact) mass is 327 g/mol. The molecule has 0 radical (unpaired) electrons. The minimum absolute atomic E-state index is 0.0853. The van der Waals surface area contributed by atoms with Gasteiger partial charge >= 0.3 is 0 Å². The van der Waals surface area contributed by atoms with Crippen LogP contribution in [0.1, 0.15) is 18.1 Å². The molecule has 1 aromatic heterocycles. The number of carbonyl (C=O) groups excluding carboxylic acids is 1. The molecule has 0 saturated heterocycles. The summed E-state index contributed by atoms with van der Waals surface area (Å²) in [6.07, 6.45) is 4.15. The Morgan fingerprint density at radius 2 is 2.08 bits per heavy atom. The normalized spacial score (nSPS) is 10.6. The van der Waals surface area contributed by atoms with E-state index < -0.39 is 4.92 Å². The molecule has 0 fully saturated rings. The van der Waals surface area contributed by atoms with Crippen molar-refractivity contribution in [1.82, 2.24) is 4.98 Å². The zero-order valence-electron chi connectivity index (χ0n) is 13.4. The molecule has 2 aromatic rings. The molecular formula is C17H17N3O4. The molecule has 1 aromatic carbocycles. The number of aryl methyl sites for hydroxylation is 1. The van der Waals surface area contributed by atoms with Crippen LogP contribution in [0, 0.1) is 17.0 Å². The Hall–Kier alpha value is -3.22. The fourth-order valence-corrected chi connectivity index (χ4v) is 1.99. The highest BCUT2D eigenvalue weighted by atomic mass is 16.6. The number of pyridine rings is 1. The molecule has 24 heavy (non-hydrogen) atoms. The quantitative estimate of drug-likeness (QED) is 0.499. The van der Waals surface area contributed by atoms with E-state index in [1.54, 1.807) is 13.0 Å². The van der Waals surface area contributed by atoms with E-state index >= 15 is 0 Å². The van der Waals surface area contributed by atoms with E-state index in [0.717, 1.165) is 17.5 Å². The molecule has 0 saturated carbocycles. The van der Waals surface area contributed by atoms with Crippen molar-refractivity contribution in [2.45, 2.75) is 13.8 Å². The highest BCUT2D eigenvalue weighted by molar-refractivity contribution is 6.01. The molecule has 0 spiro atoms. The Morgan fingerprint density at radius 1 is 1.38 bits per heavy atom. The smallest absolute Gasteiger partial charge is 0.290 e. The van der Waals surface area contributed by atoms with Crippen LogP contribution in [0.3, 0.4) is 0 Å².